The molecule has 0 aliphatic heterocycles. The molecule has 2 rings (SSSR count). The smallest absolute Gasteiger partial charge is 0.138 e. The van der Waals surface area contributed by atoms with Gasteiger partial charge in [-0.3, -0.25) is 5.10 Å². The van der Waals surface area contributed by atoms with Gasteiger partial charge in [0.2, 0.25) is 0 Å². The minimum absolute atomic E-state index is 0.605. The van der Waals surface area contributed by atoms with Gasteiger partial charge < -0.3 is 4.74 Å². The summed E-state index contributed by atoms with van der Waals surface area (Å²) in [6, 6.07) is 7.57. The van der Waals surface area contributed by atoms with E-state index in [0.717, 1.165) is 17.0 Å². The standard InChI is InChI=1S/C11H11ClN2O/c1-7-5-10(14-13-7)8-3-4-9(12)11(6-8)15-2/h3-6H,1-2H3,(H,13,14). The van der Waals surface area contributed by atoms with E-state index in [4.69, 9.17) is 16.3 Å². The lowest BCUT2D eigenvalue weighted by atomic mass is 10.1. The molecule has 0 spiro atoms. The van der Waals surface area contributed by atoms with E-state index in [1.807, 2.05) is 25.1 Å². The lowest BCUT2D eigenvalue weighted by Gasteiger charge is -2.04. The van der Waals surface area contributed by atoms with Crippen LogP contribution in [-0.4, -0.2) is 17.3 Å². The van der Waals surface area contributed by atoms with E-state index >= 15 is 0 Å². The number of rotatable bonds is 2. The molecule has 0 saturated carbocycles. The highest BCUT2D eigenvalue weighted by molar-refractivity contribution is 6.32. The molecule has 0 bridgehead atoms. The van der Waals surface area contributed by atoms with Gasteiger partial charge in [-0.1, -0.05) is 17.7 Å². The number of methoxy groups -OCH3 is 1. The van der Waals surface area contributed by atoms with Crippen molar-refractivity contribution in [3.05, 3.63) is 35.0 Å². The van der Waals surface area contributed by atoms with Crippen LogP contribution in [0.4, 0.5) is 0 Å². The molecule has 15 heavy (non-hydrogen) atoms. The number of nitrogens with one attached hydrogen (secondary N) is 1. The zero-order valence-corrected chi connectivity index (χ0v) is 9.30. The molecule has 0 radical (unpaired) electrons. The SMILES string of the molecule is COc1cc(-c2cc(C)[nH]n2)ccc1Cl. The lowest BCUT2D eigenvalue weighted by Crippen LogP contribution is -1.85. The Bertz CT molecular complexity index is 479. The van der Waals surface area contributed by atoms with Gasteiger partial charge in [-0.05, 0) is 25.1 Å². The average molecular weight is 223 g/mol. The molecule has 0 unspecified atom stereocenters. The van der Waals surface area contributed by atoms with E-state index in [9.17, 15) is 0 Å². The maximum Gasteiger partial charge on any atom is 0.138 e. The molecular weight excluding hydrogens is 212 g/mol. The molecule has 0 aliphatic rings. The maximum absolute atomic E-state index is 5.94. The predicted molar refractivity (Wildman–Crippen MR) is 60.3 cm³/mol. The van der Waals surface area contributed by atoms with Crippen molar-refractivity contribution < 1.29 is 4.74 Å². The van der Waals surface area contributed by atoms with E-state index in [2.05, 4.69) is 10.2 Å². The van der Waals surface area contributed by atoms with Crippen LogP contribution in [0.1, 0.15) is 5.69 Å². The van der Waals surface area contributed by atoms with Crippen molar-refractivity contribution in [2.75, 3.05) is 7.11 Å². The number of hydrogen-bond donors (Lipinski definition) is 1. The number of aryl methyl sites for hydroxylation is 1. The topological polar surface area (TPSA) is 37.9 Å². The molecular formula is C11H11ClN2O. The fourth-order valence-corrected chi connectivity index (χ4v) is 1.58. The highest BCUT2D eigenvalue weighted by Crippen LogP contribution is 2.29. The van der Waals surface area contributed by atoms with Crippen molar-refractivity contribution in [2.24, 2.45) is 0 Å². The van der Waals surface area contributed by atoms with Crippen LogP contribution in [0.25, 0.3) is 11.3 Å². The number of aromatic nitrogens is 2. The van der Waals surface area contributed by atoms with Gasteiger partial charge in [-0.15, -0.1) is 0 Å². The summed E-state index contributed by atoms with van der Waals surface area (Å²) in [5.41, 5.74) is 2.90. The number of aromatic amines is 1. The number of nitrogens with zero attached hydrogens (tertiary/aromatic N) is 1. The maximum atomic E-state index is 5.94. The fourth-order valence-electron chi connectivity index (χ4n) is 1.39. The molecule has 0 fully saturated rings. The normalized spacial score (nSPS) is 10.3. The first-order valence-corrected chi connectivity index (χ1v) is 4.94. The molecule has 0 saturated heterocycles. The summed E-state index contributed by atoms with van der Waals surface area (Å²) >= 11 is 5.94. The minimum Gasteiger partial charge on any atom is -0.495 e. The van der Waals surface area contributed by atoms with Gasteiger partial charge in [-0.2, -0.15) is 5.10 Å². The van der Waals surface area contributed by atoms with Crippen molar-refractivity contribution in [3.8, 4) is 17.0 Å². The summed E-state index contributed by atoms with van der Waals surface area (Å²) in [6.45, 7) is 1.96. The van der Waals surface area contributed by atoms with Gasteiger partial charge in [0.25, 0.3) is 0 Å². The lowest BCUT2D eigenvalue weighted by molar-refractivity contribution is 0.415. The van der Waals surface area contributed by atoms with Crippen LogP contribution >= 0.6 is 11.6 Å². The van der Waals surface area contributed by atoms with Gasteiger partial charge in [0, 0.05) is 11.3 Å². The monoisotopic (exact) mass is 222 g/mol. The number of H-pyrrole nitrogens is 1. The first-order chi connectivity index (χ1) is 7.20. The molecule has 0 aliphatic carbocycles. The Kier molecular flexibility index (Phi) is 2.64. The molecule has 4 heteroatoms. The Morgan fingerprint density at radius 1 is 1.33 bits per heavy atom. The van der Waals surface area contributed by atoms with E-state index in [1.165, 1.54) is 0 Å². The third-order valence-corrected chi connectivity index (χ3v) is 2.47. The molecule has 1 aromatic carbocycles. The Morgan fingerprint density at radius 2 is 2.13 bits per heavy atom. The Labute approximate surface area is 93.0 Å². The number of benzene rings is 1. The predicted octanol–water partition coefficient (Wildman–Crippen LogP) is 3.05. The zero-order chi connectivity index (χ0) is 10.8. The van der Waals surface area contributed by atoms with E-state index < -0.39 is 0 Å². The van der Waals surface area contributed by atoms with Crippen LogP contribution in [0, 0.1) is 6.92 Å². The van der Waals surface area contributed by atoms with Crippen LogP contribution in [-0.2, 0) is 0 Å². The third-order valence-electron chi connectivity index (χ3n) is 2.15. The van der Waals surface area contributed by atoms with Crippen LogP contribution < -0.4 is 4.74 Å². The number of hydrogen-bond acceptors (Lipinski definition) is 2. The van der Waals surface area contributed by atoms with Crippen LogP contribution in [0.5, 0.6) is 5.75 Å². The van der Waals surface area contributed by atoms with Crippen molar-refractivity contribution >= 4 is 11.6 Å². The molecule has 0 atom stereocenters. The zero-order valence-electron chi connectivity index (χ0n) is 8.54. The second kappa shape index (κ2) is 3.95. The first-order valence-electron chi connectivity index (χ1n) is 4.56. The van der Waals surface area contributed by atoms with E-state index in [1.54, 1.807) is 13.2 Å². The molecule has 2 aromatic rings. The van der Waals surface area contributed by atoms with E-state index in [0.29, 0.717) is 10.8 Å². The van der Waals surface area contributed by atoms with Crippen LogP contribution in [0.2, 0.25) is 5.02 Å². The minimum atomic E-state index is 0.605. The Morgan fingerprint density at radius 3 is 2.73 bits per heavy atom. The Balaban J connectivity index is 2.45. The second-order valence-electron chi connectivity index (χ2n) is 3.29. The first kappa shape index (κ1) is 10.1. The summed E-state index contributed by atoms with van der Waals surface area (Å²) in [6.07, 6.45) is 0. The number of ether oxygens (including phenoxy) is 1. The van der Waals surface area contributed by atoms with Crippen molar-refractivity contribution in [3.63, 3.8) is 0 Å². The second-order valence-corrected chi connectivity index (χ2v) is 3.69. The summed E-state index contributed by atoms with van der Waals surface area (Å²) < 4.78 is 5.14. The summed E-state index contributed by atoms with van der Waals surface area (Å²) in [5.74, 6) is 0.662. The van der Waals surface area contributed by atoms with E-state index in [-0.39, 0.29) is 0 Å². The molecule has 78 valence electrons. The molecule has 1 heterocycles. The largest absolute Gasteiger partial charge is 0.495 e. The van der Waals surface area contributed by atoms with Crippen molar-refractivity contribution in [2.45, 2.75) is 6.92 Å². The van der Waals surface area contributed by atoms with Gasteiger partial charge in [-0.25, -0.2) is 0 Å². The summed E-state index contributed by atoms with van der Waals surface area (Å²) in [5, 5.41) is 7.67. The molecule has 1 aromatic heterocycles. The van der Waals surface area contributed by atoms with Gasteiger partial charge >= 0.3 is 0 Å². The van der Waals surface area contributed by atoms with Crippen molar-refractivity contribution in [1.29, 1.82) is 0 Å². The molecule has 0 amide bonds. The van der Waals surface area contributed by atoms with Crippen molar-refractivity contribution in [1.82, 2.24) is 10.2 Å². The highest BCUT2D eigenvalue weighted by Gasteiger charge is 2.06. The average Bonchev–Trinajstić information content (AvgIpc) is 2.66. The summed E-state index contributed by atoms with van der Waals surface area (Å²) in [7, 11) is 1.60. The summed E-state index contributed by atoms with van der Waals surface area (Å²) in [4.78, 5) is 0. The van der Waals surface area contributed by atoms with Gasteiger partial charge in [0.1, 0.15) is 5.75 Å². The Hall–Kier alpha value is -1.48. The highest BCUT2D eigenvalue weighted by atomic mass is 35.5. The third kappa shape index (κ3) is 1.97. The number of halogens is 1. The van der Waals surface area contributed by atoms with Crippen LogP contribution in [0.3, 0.4) is 0 Å². The van der Waals surface area contributed by atoms with Gasteiger partial charge in [0.15, 0.2) is 0 Å². The molecule has 1 N–H and O–H groups in total. The van der Waals surface area contributed by atoms with Crippen LogP contribution in [0.15, 0.2) is 24.3 Å². The molecule has 3 nitrogen and oxygen atoms in total. The fraction of sp³-hybridized carbons (Fsp3) is 0.182. The van der Waals surface area contributed by atoms with Gasteiger partial charge in [0.05, 0.1) is 17.8 Å². The quantitative estimate of drug-likeness (QED) is 0.848.